The predicted molar refractivity (Wildman–Crippen MR) is 86.6 cm³/mol. The largest absolute Gasteiger partial charge is 0.497 e. The van der Waals surface area contributed by atoms with Crippen molar-refractivity contribution in [1.29, 1.82) is 0 Å². The molecule has 1 N–H and O–H groups in total. The Hall–Kier alpha value is -2.20. The third-order valence-electron chi connectivity index (χ3n) is 3.68. The monoisotopic (exact) mass is 299 g/mol. The first-order chi connectivity index (χ1) is 10.8. The van der Waals surface area contributed by atoms with Crippen molar-refractivity contribution < 1.29 is 14.2 Å². The molecule has 1 fully saturated rings. The predicted octanol–water partition coefficient (Wildman–Crippen LogP) is 3.48. The number of rotatable bonds is 6. The van der Waals surface area contributed by atoms with E-state index in [1.54, 1.807) is 7.11 Å². The molecule has 0 spiro atoms. The van der Waals surface area contributed by atoms with Gasteiger partial charge in [-0.2, -0.15) is 0 Å². The van der Waals surface area contributed by atoms with E-state index in [2.05, 4.69) is 11.4 Å². The van der Waals surface area contributed by atoms with Gasteiger partial charge in [-0.25, -0.2) is 0 Å². The molecule has 2 aromatic carbocycles. The van der Waals surface area contributed by atoms with Crippen molar-refractivity contribution in [2.45, 2.75) is 19.1 Å². The Morgan fingerprint density at radius 3 is 2.73 bits per heavy atom. The summed E-state index contributed by atoms with van der Waals surface area (Å²) in [4.78, 5) is 0. The van der Waals surface area contributed by atoms with Crippen LogP contribution in [-0.2, 0) is 11.3 Å². The normalized spacial score (nSPS) is 17.2. The van der Waals surface area contributed by atoms with Crippen LogP contribution in [0.5, 0.6) is 11.5 Å². The van der Waals surface area contributed by atoms with Crippen LogP contribution in [0.25, 0.3) is 0 Å². The fourth-order valence-electron chi connectivity index (χ4n) is 2.44. The van der Waals surface area contributed by atoms with E-state index in [9.17, 15) is 0 Å². The van der Waals surface area contributed by atoms with Gasteiger partial charge in [-0.3, -0.25) is 0 Å². The second-order valence-corrected chi connectivity index (χ2v) is 5.33. The van der Waals surface area contributed by atoms with E-state index < -0.39 is 0 Å². The third-order valence-corrected chi connectivity index (χ3v) is 3.68. The molecule has 4 nitrogen and oxygen atoms in total. The number of anilines is 1. The zero-order valence-electron chi connectivity index (χ0n) is 12.7. The van der Waals surface area contributed by atoms with Crippen molar-refractivity contribution in [3.8, 4) is 11.5 Å². The van der Waals surface area contributed by atoms with Crippen LogP contribution >= 0.6 is 0 Å². The quantitative estimate of drug-likeness (QED) is 0.886. The van der Waals surface area contributed by atoms with Crippen LogP contribution in [0.3, 0.4) is 0 Å². The van der Waals surface area contributed by atoms with Crippen LogP contribution < -0.4 is 14.8 Å². The maximum absolute atomic E-state index is 5.85. The van der Waals surface area contributed by atoms with Gasteiger partial charge in [0.05, 0.1) is 20.3 Å². The van der Waals surface area contributed by atoms with Gasteiger partial charge < -0.3 is 19.5 Å². The maximum Gasteiger partial charge on any atom is 0.124 e. The molecule has 1 aliphatic heterocycles. The van der Waals surface area contributed by atoms with Gasteiger partial charge >= 0.3 is 0 Å². The zero-order chi connectivity index (χ0) is 15.2. The summed E-state index contributed by atoms with van der Waals surface area (Å²) in [6, 6.07) is 16.1. The highest BCUT2D eigenvalue weighted by Gasteiger charge is 2.16. The average Bonchev–Trinajstić information content (AvgIpc) is 3.07. The highest BCUT2D eigenvalue weighted by atomic mass is 16.5. The van der Waals surface area contributed by atoms with Gasteiger partial charge in [-0.1, -0.05) is 12.1 Å². The average molecular weight is 299 g/mol. The molecule has 1 saturated heterocycles. The number of methoxy groups -OCH3 is 1. The lowest BCUT2D eigenvalue weighted by Gasteiger charge is -2.13. The Labute approximate surface area is 131 Å². The summed E-state index contributed by atoms with van der Waals surface area (Å²) in [5, 5.41) is 3.40. The summed E-state index contributed by atoms with van der Waals surface area (Å²) in [7, 11) is 1.68. The standard InChI is InChI=1S/C18H21NO3/c1-20-17-4-2-3-14(11-17)12-19-15-5-7-16(8-6-15)22-18-9-10-21-13-18/h2-8,11,18-19H,9-10,12-13H2,1H3. The molecule has 0 bridgehead atoms. The summed E-state index contributed by atoms with van der Waals surface area (Å²) >= 11 is 0. The van der Waals surface area contributed by atoms with Gasteiger partial charge in [0.25, 0.3) is 0 Å². The second kappa shape index (κ2) is 7.18. The van der Waals surface area contributed by atoms with Crippen molar-refractivity contribution in [2.75, 3.05) is 25.6 Å². The summed E-state index contributed by atoms with van der Waals surface area (Å²) in [6.45, 7) is 2.24. The minimum Gasteiger partial charge on any atom is -0.497 e. The molecule has 1 heterocycles. The molecule has 1 atom stereocenters. The number of hydrogen-bond donors (Lipinski definition) is 1. The zero-order valence-corrected chi connectivity index (χ0v) is 12.7. The SMILES string of the molecule is COc1cccc(CNc2ccc(OC3CCOC3)cc2)c1. The summed E-state index contributed by atoms with van der Waals surface area (Å²) in [5.74, 6) is 1.77. The number of nitrogens with one attached hydrogen (secondary N) is 1. The first-order valence-corrected chi connectivity index (χ1v) is 7.55. The molecule has 3 rings (SSSR count). The fourth-order valence-corrected chi connectivity index (χ4v) is 2.44. The molecule has 1 aliphatic rings. The smallest absolute Gasteiger partial charge is 0.124 e. The van der Waals surface area contributed by atoms with E-state index in [0.29, 0.717) is 6.61 Å². The van der Waals surface area contributed by atoms with Gasteiger partial charge in [0.1, 0.15) is 17.6 Å². The van der Waals surface area contributed by atoms with Crippen LogP contribution in [0.1, 0.15) is 12.0 Å². The molecule has 0 radical (unpaired) electrons. The molecule has 4 heteroatoms. The fraction of sp³-hybridized carbons (Fsp3) is 0.333. The first kappa shape index (κ1) is 14.7. The highest BCUT2D eigenvalue weighted by molar-refractivity contribution is 5.47. The summed E-state index contributed by atoms with van der Waals surface area (Å²) < 4.78 is 16.4. The van der Waals surface area contributed by atoms with Crippen LogP contribution in [0, 0.1) is 0 Å². The van der Waals surface area contributed by atoms with Crippen molar-refractivity contribution in [1.82, 2.24) is 0 Å². The topological polar surface area (TPSA) is 39.7 Å². The molecule has 1 unspecified atom stereocenters. The van der Waals surface area contributed by atoms with Crippen LogP contribution in [0.2, 0.25) is 0 Å². The Morgan fingerprint density at radius 2 is 2.00 bits per heavy atom. The van der Waals surface area contributed by atoms with E-state index in [1.165, 1.54) is 5.56 Å². The number of hydrogen-bond acceptors (Lipinski definition) is 4. The van der Waals surface area contributed by atoms with Crippen LogP contribution in [0.4, 0.5) is 5.69 Å². The number of ether oxygens (including phenoxy) is 3. The molecule has 116 valence electrons. The molecular formula is C18H21NO3. The van der Waals surface area contributed by atoms with Crippen molar-refractivity contribution in [3.63, 3.8) is 0 Å². The number of benzene rings is 2. The van der Waals surface area contributed by atoms with E-state index in [4.69, 9.17) is 14.2 Å². The molecule has 0 amide bonds. The minimum atomic E-state index is 0.190. The van der Waals surface area contributed by atoms with E-state index in [0.717, 1.165) is 36.8 Å². The molecule has 0 aliphatic carbocycles. The van der Waals surface area contributed by atoms with Gasteiger partial charge in [0.2, 0.25) is 0 Å². The lowest BCUT2D eigenvalue weighted by Crippen LogP contribution is -2.15. The maximum atomic E-state index is 5.85. The molecular weight excluding hydrogens is 278 g/mol. The highest BCUT2D eigenvalue weighted by Crippen LogP contribution is 2.20. The molecule has 22 heavy (non-hydrogen) atoms. The Balaban J connectivity index is 1.54. The Kier molecular flexibility index (Phi) is 4.81. The molecule has 0 saturated carbocycles. The summed E-state index contributed by atoms with van der Waals surface area (Å²) in [6.07, 6.45) is 1.16. The van der Waals surface area contributed by atoms with Gasteiger partial charge in [0, 0.05) is 18.7 Å². The second-order valence-electron chi connectivity index (χ2n) is 5.33. The van der Waals surface area contributed by atoms with E-state index in [1.807, 2.05) is 42.5 Å². The van der Waals surface area contributed by atoms with Crippen molar-refractivity contribution >= 4 is 5.69 Å². The van der Waals surface area contributed by atoms with Gasteiger partial charge in [0.15, 0.2) is 0 Å². The van der Waals surface area contributed by atoms with Crippen molar-refractivity contribution in [2.24, 2.45) is 0 Å². The van der Waals surface area contributed by atoms with E-state index >= 15 is 0 Å². The lowest BCUT2D eigenvalue weighted by atomic mass is 10.2. The van der Waals surface area contributed by atoms with Crippen LogP contribution in [-0.4, -0.2) is 26.4 Å². The first-order valence-electron chi connectivity index (χ1n) is 7.55. The Bertz CT molecular complexity index is 592. The minimum absolute atomic E-state index is 0.190. The lowest BCUT2D eigenvalue weighted by molar-refractivity contribution is 0.141. The van der Waals surface area contributed by atoms with Gasteiger partial charge in [-0.05, 0) is 42.0 Å². The van der Waals surface area contributed by atoms with Crippen molar-refractivity contribution in [3.05, 3.63) is 54.1 Å². The third kappa shape index (κ3) is 3.92. The molecule has 0 aromatic heterocycles. The Morgan fingerprint density at radius 1 is 1.14 bits per heavy atom. The van der Waals surface area contributed by atoms with Gasteiger partial charge in [-0.15, -0.1) is 0 Å². The van der Waals surface area contributed by atoms with Crippen LogP contribution in [0.15, 0.2) is 48.5 Å². The molecule has 2 aromatic rings. The summed E-state index contributed by atoms with van der Waals surface area (Å²) in [5.41, 5.74) is 2.25. The van der Waals surface area contributed by atoms with E-state index in [-0.39, 0.29) is 6.10 Å².